The molecule has 0 fully saturated rings. The molecule has 0 amide bonds. The zero-order chi connectivity index (χ0) is 31.4. The van der Waals surface area contributed by atoms with E-state index in [1.54, 1.807) is 24.3 Å². The molecular formula is C32H32O11. The number of carbonyl (C=O) groups excluding carboxylic acids is 2. The molecule has 0 atom stereocenters. The van der Waals surface area contributed by atoms with Crippen molar-refractivity contribution in [1.82, 2.24) is 0 Å². The average Bonchev–Trinajstić information content (AvgIpc) is 3.05. The minimum atomic E-state index is -0.886. The Morgan fingerprint density at radius 3 is 1.67 bits per heavy atom. The number of fused-ring (bicyclic) bond motifs is 1. The Kier molecular flexibility index (Phi) is 9.03. The summed E-state index contributed by atoms with van der Waals surface area (Å²) in [6.07, 6.45) is 0. The fourth-order valence-corrected chi connectivity index (χ4v) is 5.02. The summed E-state index contributed by atoms with van der Waals surface area (Å²) in [6, 6.07) is 11.0. The molecule has 0 aliphatic carbocycles. The fourth-order valence-electron chi connectivity index (χ4n) is 5.02. The predicted molar refractivity (Wildman–Crippen MR) is 158 cm³/mol. The van der Waals surface area contributed by atoms with E-state index < -0.39 is 17.5 Å². The minimum absolute atomic E-state index is 0.114. The van der Waals surface area contributed by atoms with Gasteiger partial charge in [0.25, 0.3) is 0 Å². The maximum atomic E-state index is 14.3. The van der Waals surface area contributed by atoms with E-state index in [1.165, 1.54) is 75.1 Å². The van der Waals surface area contributed by atoms with Crippen LogP contribution in [-0.2, 0) is 4.74 Å². The van der Waals surface area contributed by atoms with Crippen LogP contribution in [0.25, 0.3) is 21.9 Å². The smallest absolute Gasteiger partial charge is 0.339 e. The predicted octanol–water partition coefficient (Wildman–Crippen LogP) is 5.29. The molecule has 4 aromatic carbocycles. The van der Waals surface area contributed by atoms with Gasteiger partial charge < -0.3 is 43.0 Å². The van der Waals surface area contributed by atoms with Gasteiger partial charge in [0.2, 0.25) is 5.75 Å². The maximum absolute atomic E-state index is 14.3. The number of phenols is 1. The van der Waals surface area contributed by atoms with Crippen molar-refractivity contribution in [3.05, 3.63) is 59.2 Å². The van der Waals surface area contributed by atoms with Gasteiger partial charge in [-0.15, -0.1) is 0 Å². The number of phenolic OH excluding ortho intramolecular Hbond substituents is 1. The molecular weight excluding hydrogens is 560 g/mol. The molecule has 0 bridgehead atoms. The highest BCUT2D eigenvalue weighted by Gasteiger charge is 2.34. The molecule has 11 heteroatoms. The van der Waals surface area contributed by atoms with Gasteiger partial charge in [0, 0.05) is 21.9 Å². The molecule has 0 heterocycles. The van der Waals surface area contributed by atoms with Gasteiger partial charge in [0.15, 0.2) is 40.3 Å². The lowest BCUT2D eigenvalue weighted by Gasteiger charge is -2.23. The van der Waals surface area contributed by atoms with E-state index in [1.807, 2.05) is 0 Å². The number of methoxy groups -OCH3 is 8. The van der Waals surface area contributed by atoms with Crippen LogP contribution in [0.3, 0.4) is 0 Å². The first kappa shape index (κ1) is 30.6. The summed E-state index contributed by atoms with van der Waals surface area (Å²) in [6.45, 7) is 0. The molecule has 0 saturated carbocycles. The van der Waals surface area contributed by atoms with Crippen LogP contribution in [-0.4, -0.2) is 73.7 Å². The third-order valence-corrected chi connectivity index (χ3v) is 7.01. The number of hydrogen-bond donors (Lipinski definition) is 1. The SMILES string of the molecule is COC(=O)c1c(C(=O)c2ccc(OC)c(OC)c2)c(O)c2cc(OC)c(OC)c(OC)c2c1-c1ccc(OC)c(OC)c1. The zero-order valence-electron chi connectivity index (χ0n) is 25.1. The molecule has 4 rings (SSSR count). The summed E-state index contributed by atoms with van der Waals surface area (Å²) in [7, 11) is 11.3. The molecule has 43 heavy (non-hydrogen) atoms. The van der Waals surface area contributed by atoms with Crippen LogP contribution in [0, 0.1) is 0 Å². The Bertz CT molecular complexity index is 1710. The fraction of sp³-hybridized carbons (Fsp3) is 0.250. The van der Waals surface area contributed by atoms with Gasteiger partial charge in [-0.2, -0.15) is 0 Å². The molecule has 0 spiro atoms. The molecule has 226 valence electrons. The lowest BCUT2D eigenvalue weighted by Crippen LogP contribution is -2.15. The second kappa shape index (κ2) is 12.7. The minimum Gasteiger partial charge on any atom is -0.506 e. The molecule has 0 saturated heterocycles. The van der Waals surface area contributed by atoms with Crippen LogP contribution >= 0.6 is 0 Å². The number of rotatable bonds is 11. The molecule has 4 aromatic rings. The Labute approximate surface area is 248 Å². The summed E-state index contributed by atoms with van der Waals surface area (Å²) in [5.74, 6) is -0.0519. The van der Waals surface area contributed by atoms with Crippen molar-refractivity contribution < 1.29 is 52.6 Å². The number of aromatic hydroxyl groups is 1. The van der Waals surface area contributed by atoms with Gasteiger partial charge in [-0.1, -0.05) is 6.07 Å². The van der Waals surface area contributed by atoms with Crippen molar-refractivity contribution >= 4 is 22.5 Å². The van der Waals surface area contributed by atoms with Crippen LogP contribution in [0.5, 0.6) is 46.0 Å². The van der Waals surface area contributed by atoms with Gasteiger partial charge in [-0.3, -0.25) is 4.79 Å². The summed E-state index contributed by atoms with van der Waals surface area (Å²) in [5, 5.41) is 12.2. The third-order valence-electron chi connectivity index (χ3n) is 7.01. The summed E-state index contributed by atoms with van der Waals surface area (Å²) >= 11 is 0. The van der Waals surface area contributed by atoms with Crippen LogP contribution in [0.2, 0.25) is 0 Å². The van der Waals surface area contributed by atoms with E-state index in [0.717, 1.165) is 0 Å². The highest BCUT2D eigenvalue weighted by atomic mass is 16.5. The van der Waals surface area contributed by atoms with Gasteiger partial charge >= 0.3 is 5.97 Å². The first-order valence-corrected chi connectivity index (χ1v) is 12.8. The number of benzene rings is 4. The largest absolute Gasteiger partial charge is 0.506 e. The molecule has 0 aliphatic rings. The van der Waals surface area contributed by atoms with Crippen LogP contribution < -0.4 is 33.2 Å². The maximum Gasteiger partial charge on any atom is 0.339 e. The highest BCUT2D eigenvalue weighted by Crippen LogP contribution is 2.53. The monoisotopic (exact) mass is 592 g/mol. The summed E-state index contributed by atoms with van der Waals surface area (Å²) in [4.78, 5) is 27.9. The van der Waals surface area contributed by atoms with Crippen molar-refractivity contribution in [1.29, 1.82) is 0 Å². The lowest BCUT2D eigenvalue weighted by molar-refractivity contribution is 0.0598. The van der Waals surface area contributed by atoms with Gasteiger partial charge in [-0.25, -0.2) is 4.79 Å². The normalized spacial score (nSPS) is 10.6. The van der Waals surface area contributed by atoms with Gasteiger partial charge in [0.1, 0.15) is 5.75 Å². The van der Waals surface area contributed by atoms with Crippen molar-refractivity contribution in [2.24, 2.45) is 0 Å². The van der Waals surface area contributed by atoms with Crippen LogP contribution in [0.4, 0.5) is 0 Å². The summed E-state index contributed by atoms with van der Waals surface area (Å²) < 4.78 is 43.8. The highest BCUT2D eigenvalue weighted by molar-refractivity contribution is 6.25. The molecule has 11 nitrogen and oxygen atoms in total. The van der Waals surface area contributed by atoms with E-state index in [2.05, 4.69) is 0 Å². The number of carbonyl (C=O) groups is 2. The molecule has 0 radical (unpaired) electrons. The molecule has 0 aromatic heterocycles. The Hall–Kier alpha value is -5.32. The topological polar surface area (TPSA) is 128 Å². The van der Waals surface area contributed by atoms with E-state index in [9.17, 15) is 14.7 Å². The molecule has 0 unspecified atom stereocenters. The van der Waals surface area contributed by atoms with E-state index in [-0.39, 0.29) is 56.0 Å². The third kappa shape index (κ3) is 5.14. The average molecular weight is 593 g/mol. The molecule has 1 N–H and O–H groups in total. The quantitative estimate of drug-likeness (QED) is 0.180. The zero-order valence-corrected chi connectivity index (χ0v) is 25.1. The Morgan fingerprint density at radius 2 is 1.14 bits per heavy atom. The Balaban J connectivity index is 2.27. The lowest BCUT2D eigenvalue weighted by atomic mass is 9.85. The first-order chi connectivity index (χ1) is 20.7. The van der Waals surface area contributed by atoms with Crippen molar-refractivity contribution in [3.63, 3.8) is 0 Å². The Morgan fingerprint density at radius 1 is 0.581 bits per heavy atom. The first-order valence-electron chi connectivity index (χ1n) is 12.8. The van der Waals surface area contributed by atoms with Crippen molar-refractivity contribution in [3.8, 4) is 57.1 Å². The second-order valence-corrected chi connectivity index (χ2v) is 9.00. The number of ether oxygens (including phenoxy) is 8. The second-order valence-electron chi connectivity index (χ2n) is 9.00. The van der Waals surface area contributed by atoms with Crippen molar-refractivity contribution in [2.75, 3.05) is 56.9 Å². The van der Waals surface area contributed by atoms with E-state index in [0.29, 0.717) is 22.8 Å². The number of hydrogen-bond acceptors (Lipinski definition) is 11. The standard InChI is InChI=1S/C32H32O11/c1-36-19-11-9-16(13-21(19)38-3)24-25-18(15-23(40-5)30(41-6)31(25)42-7)29(34)27(26(24)32(35)43-8)28(33)17-10-12-20(37-2)22(14-17)39-4/h9-15,34H,1-8H3. The van der Waals surface area contributed by atoms with Crippen molar-refractivity contribution in [2.45, 2.75) is 0 Å². The van der Waals surface area contributed by atoms with Crippen LogP contribution in [0.15, 0.2) is 42.5 Å². The van der Waals surface area contributed by atoms with Gasteiger partial charge in [0.05, 0.1) is 68.0 Å². The number of ketones is 1. The van der Waals surface area contributed by atoms with Gasteiger partial charge in [-0.05, 0) is 42.0 Å². The molecule has 0 aliphatic heterocycles. The van der Waals surface area contributed by atoms with E-state index in [4.69, 9.17) is 37.9 Å². The summed E-state index contributed by atoms with van der Waals surface area (Å²) in [5.41, 5.74) is 0.218. The van der Waals surface area contributed by atoms with E-state index >= 15 is 0 Å². The number of esters is 1. The van der Waals surface area contributed by atoms with Crippen LogP contribution in [0.1, 0.15) is 26.3 Å².